The average Bonchev–Trinajstić information content (AvgIpc) is 3.09. The van der Waals surface area contributed by atoms with Crippen LogP contribution in [0.15, 0.2) is 48.8 Å². The number of hydrogen-bond donors (Lipinski definition) is 1. The highest BCUT2D eigenvalue weighted by molar-refractivity contribution is 8.00. The molecule has 1 N–H and O–H groups in total. The van der Waals surface area contributed by atoms with Gasteiger partial charge in [-0.1, -0.05) is 12.1 Å². The first-order chi connectivity index (χ1) is 15.0. The van der Waals surface area contributed by atoms with Crippen molar-refractivity contribution in [2.45, 2.75) is 25.2 Å². The third-order valence-corrected chi connectivity index (χ3v) is 6.13. The van der Waals surface area contributed by atoms with Crippen LogP contribution in [0.4, 0.5) is 5.82 Å². The molecule has 7 nitrogen and oxygen atoms in total. The van der Waals surface area contributed by atoms with Gasteiger partial charge in [-0.25, -0.2) is 4.98 Å². The molecule has 8 heteroatoms. The zero-order chi connectivity index (χ0) is 22.0. The summed E-state index contributed by atoms with van der Waals surface area (Å²) in [5.74, 6) is 2.91. The molecule has 0 fully saturated rings. The van der Waals surface area contributed by atoms with Gasteiger partial charge < -0.3 is 19.5 Å². The van der Waals surface area contributed by atoms with E-state index in [4.69, 9.17) is 14.2 Å². The van der Waals surface area contributed by atoms with E-state index in [0.29, 0.717) is 23.1 Å². The Balaban J connectivity index is 1.82. The third kappa shape index (κ3) is 4.34. The van der Waals surface area contributed by atoms with Crippen LogP contribution in [-0.4, -0.2) is 41.5 Å². The van der Waals surface area contributed by atoms with Crippen molar-refractivity contribution in [2.24, 2.45) is 0 Å². The predicted molar refractivity (Wildman–Crippen MR) is 122 cm³/mol. The maximum absolute atomic E-state index is 12.3. The Labute approximate surface area is 185 Å². The number of benzene rings is 2. The van der Waals surface area contributed by atoms with Crippen LogP contribution in [0, 0.1) is 0 Å². The third-order valence-electron chi connectivity index (χ3n) is 4.88. The van der Waals surface area contributed by atoms with Gasteiger partial charge in [0.2, 0.25) is 5.91 Å². The number of fused-ring (bicyclic) bond motifs is 1. The van der Waals surface area contributed by atoms with Gasteiger partial charge in [-0.15, -0.1) is 11.8 Å². The summed E-state index contributed by atoms with van der Waals surface area (Å²) in [7, 11) is 3.27. The number of anilines is 1. The monoisotopic (exact) mass is 439 g/mol. The number of ether oxygens (including phenoxy) is 3. The quantitative estimate of drug-likeness (QED) is 0.612. The Bertz CT molecular complexity index is 1100. The van der Waals surface area contributed by atoms with E-state index >= 15 is 0 Å². The van der Waals surface area contributed by atoms with Crippen molar-refractivity contribution in [3.8, 4) is 22.9 Å². The molecule has 0 bridgehead atoms. The molecule has 2 aromatic carbocycles. The highest BCUT2D eigenvalue weighted by atomic mass is 32.2. The summed E-state index contributed by atoms with van der Waals surface area (Å²) in [4.78, 5) is 16.8. The van der Waals surface area contributed by atoms with Crippen molar-refractivity contribution in [3.05, 3.63) is 60.0 Å². The van der Waals surface area contributed by atoms with Crippen LogP contribution in [0.2, 0.25) is 0 Å². The number of rotatable bonds is 6. The zero-order valence-electron chi connectivity index (χ0n) is 17.9. The van der Waals surface area contributed by atoms with E-state index < -0.39 is 0 Å². The van der Waals surface area contributed by atoms with Gasteiger partial charge in [0, 0.05) is 6.07 Å². The highest BCUT2D eigenvalue weighted by Crippen LogP contribution is 2.44. The van der Waals surface area contributed by atoms with Crippen LogP contribution < -0.4 is 19.5 Å². The fraction of sp³-hybridized carbons (Fsp3) is 0.304. The molecule has 2 heterocycles. The number of nitrogens with one attached hydrogen (secondary N) is 1. The fourth-order valence-electron chi connectivity index (χ4n) is 3.53. The molecule has 1 amide bonds. The standard InChI is InChI=1S/C23H25N3O4S/c1-14(2)30-18-9-8-15(10-19(18)29-4)22-21-23(25-20(27)12-31-22)24-13-26(21)16-6-5-7-17(11-16)28-3/h5-11,13-14,22H,12H2,1-4H3,(H,25,27)/t22-/m0/s1. The van der Waals surface area contributed by atoms with Crippen molar-refractivity contribution in [2.75, 3.05) is 25.3 Å². The van der Waals surface area contributed by atoms with Gasteiger partial charge in [0.15, 0.2) is 17.3 Å². The van der Waals surface area contributed by atoms with Gasteiger partial charge in [0.05, 0.1) is 42.7 Å². The summed E-state index contributed by atoms with van der Waals surface area (Å²) < 4.78 is 18.8. The molecule has 0 saturated heterocycles. The summed E-state index contributed by atoms with van der Waals surface area (Å²) in [6, 6.07) is 13.7. The Kier molecular flexibility index (Phi) is 6.08. The number of carbonyl (C=O) groups excluding carboxylic acids is 1. The maximum atomic E-state index is 12.3. The fourth-order valence-corrected chi connectivity index (χ4v) is 4.64. The first-order valence-electron chi connectivity index (χ1n) is 9.98. The topological polar surface area (TPSA) is 74.6 Å². The van der Waals surface area contributed by atoms with E-state index in [1.54, 1.807) is 32.3 Å². The molecule has 31 heavy (non-hydrogen) atoms. The number of carbonyl (C=O) groups is 1. The lowest BCUT2D eigenvalue weighted by Crippen LogP contribution is -2.12. The molecule has 1 aliphatic rings. The summed E-state index contributed by atoms with van der Waals surface area (Å²) in [5.41, 5.74) is 2.80. The van der Waals surface area contributed by atoms with Gasteiger partial charge in [-0.3, -0.25) is 9.36 Å². The molecule has 0 saturated carbocycles. The Morgan fingerprint density at radius 3 is 2.71 bits per heavy atom. The number of thioether (sulfide) groups is 1. The van der Waals surface area contributed by atoms with Crippen molar-refractivity contribution in [3.63, 3.8) is 0 Å². The lowest BCUT2D eigenvalue weighted by atomic mass is 10.1. The SMILES string of the molecule is COc1cccc(-n2cnc3c2[C@H](c2ccc(OC(C)C)c(OC)c2)SCC(=O)N3)c1. The Hall–Kier alpha value is -3.13. The van der Waals surface area contributed by atoms with E-state index in [9.17, 15) is 4.79 Å². The minimum absolute atomic E-state index is 0.0370. The molecule has 162 valence electrons. The molecular formula is C23H25N3O4S. The lowest BCUT2D eigenvalue weighted by Gasteiger charge is -2.20. The second-order valence-electron chi connectivity index (χ2n) is 7.37. The first-order valence-corrected chi connectivity index (χ1v) is 11.0. The van der Waals surface area contributed by atoms with E-state index in [-0.39, 0.29) is 17.3 Å². The van der Waals surface area contributed by atoms with E-state index in [1.807, 2.05) is 60.9 Å². The number of hydrogen-bond acceptors (Lipinski definition) is 6. The molecule has 3 aromatic rings. The van der Waals surface area contributed by atoms with Crippen LogP contribution in [0.3, 0.4) is 0 Å². The molecular weight excluding hydrogens is 414 g/mol. The summed E-state index contributed by atoms with van der Waals surface area (Å²) >= 11 is 1.55. The number of methoxy groups -OCH3 is 2. The molecule has 4 rings (SSSR count). The van der Waals surface area contributed by atoms with Crippen molar-refractivity contribution in [1.29, 1.82) is 0 Å². The summed E-state index contributed by atoms with van der Waals surface area (Å²) in [6.07, 6.45) is 1.77. The van der Waals surface area contributed by atoms with Gasteiger partial charge in [0.1, 0.15) is 12.1 Å². The second kappa shape index (κ2) is 8.93. The van der Waals surface area contributed by atoms with Crippen LogP contribution in [0.1, 0.15) is 30.4 Å². The summed E-state index contributed by atoms with van der Waals surface area (Å²) in [5, 5.41) is 2.79. The minimum Gasteiger partial charge on any atom is -0.497 e. The normalized spacial score (nSPS) is 15.8. The molecule has 0 radical (unpaired) electrons. The minimum atomic E-state index is -0.135. The molecule has 1 atom stereocenters. The van der Waals surface area contributed by atoms with Crippen molar-refractivity contribution >= 4 is 23.5 Å². The van der Waals surface area contributed by atoms with Gasteiger partial charge in [0.25, 0.3) is 0 Å². The van der Waals surface area contributed by atoms with Crippen molar-refractivity contribution in [1.82, 2.24) is 9.55 Å². The largest absolute Gasteiger partial charge is 0.497 e. The summed E-state index contributed by atoms with van der Waals surface area (Å²) in [6.45, 7) is 3.95. The van der Waals surface area contributed by atoms with E-state index in [2.05, 4.69) is 10.3 Å². The Morgan fingerprint density at radius 2 is 1.97 bits per heavy atom. The second-order valence-corrected chi connectivity index (χ2v) is 8.46. The number of imidazole rings is 1. The highest BCUT2D eigenvalue weighted by Gasteiger charge is 2.30. The van der Waals surface area contributed by atoms with E-state index in [0.717, 1.165) is 22.7 Å². The number of aromatic nitrogens is 2. The van der Waals surface area contributed by atoms with Gasteiger partial charge in [-0.2, -0.15) is 0 Å². The molecule has 0 unspecified atom stereocenters. The van der Waals surface area contributed by atoms with Crippen LogP contribution in [-0.2, 0) is 4.79 Å². The first kappa shape index (κ1) is 21.1. The maximum Gasteiger partial charge on any atom is 0.235 e. The van der Waals surface area contributed by atoms with Crippen LogP contribution in [0.25, 0.3) is 5.69 Å². The van der Waals surface area contributed by atoms with Crippen LogP contribution in [0.5, 0.6) is 17.2 Å². The smallest absolute Gasteiger partial charge is 0.235 e. The van der Waals surface area contributed by atoms with Gasteiger partial charge in [-0.05, 0) is 43.7 Å². The zero-order valence-corrected chi connectivity index (χ0v) is 18.7. The molecule has 0 spiro atoms. The molecule has 1 aliphatic heterocycles. The average molecular weight is 440 g/mol. The number of nitrogens with zero attached hydrogens (tertiary/aromatic N) is 2. The van der Waals surface area contributed by atoms with Gasteiger partial charge >= 0.3 is 0 Å². The Morgan fingerprint density at radius 1 is 1.13 bits per heavy atom. The molecule has 1 aromatic heterocycles. The van der Waals surface area contributed by atoms with Crippen molar-refractivity contribution < 1.29 is 19.0 Å². The van der Waals surface area contributed by atoms with E-state index in [1.165, 1.54) is 0 Å². The predicted octanol–water partition coefficient (Wildman–Crippen LogP) is 4.45. The number of amides is 1. The lowest BCUT2D eigenvalue weighted by molar-refractivity contribution is -0.113. The van der Waals surface area contributed by atoms with Crippen LogP contribution >= 0.6 is 11.8 Å². The molecule has 0 aliphatic carbocycles.